The molecule has 1 aliphatic rings. The van der Waals surface area contributed by atoms with Crippen LogP contribution in [-0.4, -0.2) is 37.8 Å². The molecule has 118 valence electrons. The zero-order chi connectivity index (χ0) is 15.2. The van der Waals surface area contributed by atoms with Gasteiger partial charge < -0.3 is 15.0 Å². The van der Waals surface area contributed by atoms with Gasteiger partial charge in [0.05, 0.1) is 12.3 Å². The number of hydrogen-bond acceptors (Lipinski definition) is 4. The van der Waals surface area contributed by atoms with Crippen molar-refractivity contribution in [2.45, 2.75) is 39.3 Å². The highest BCUT2D eigenvalue weighted by atomic mass is 19.1. The van der Waals surface area contributed by atoms with Gasteiger partial charge in [0.2, 0.25) is 0 Å². The smallest absolute Gasteiger partial charge is 0.141 e. The fourth-order valence-corrected chi connectivity index (χ4v) is 2.82. The number of rotatable bonds is 6. The van der Waals surface area contributed by atoms with Crippen LogP contribution in [0.4, 0.5) is 10.2 Å². The Kier molecular flexibility index (Phi) is 5.94. The third-order valence-electron chi connectivity index (χ3n) is 4.14. The maximum absolute atomic E-state index is 13.5. The zero-order valence-corrected chi connectivity index (χ0v) is 13.2. The number of ether oxygens (including phenoxy) is 1. The second-order valence-electron chi connectivity index (χ2n) is 5.80. The van der Waals surface area contributed by atoms with Crippen LogP contribution in [0.5, 0.6) is 0 Å². The lowest BCUT2D eigenvalue weighted by Gasteiger charge is -2.37. The molecule has 2 rings (SSSR count). The monoisotopic (exact) mass is 295 g/mol. The van der Waals surface area contributed by atoms with E-state index in [1.165, 1.54) is 6.20 Å². The highest BCUT2D eigenvalue weighted by molar-refractivity contribution is 5.47. The van der Waals surface area contributed by atoms with E-state index < -0.39 is 0 Å². The first-order valence-corrected chi connectivity index (χ1v) is 7.78. The highest BCUT2D eigenvalue weighted by Crippen LogP contribution is 2.26. The van der Waals surface area contributed by atoms with Gasteiger partial charge in [-0.1, -0.05) is 13.8 Å². The number of methoxy groups -OCH3 is 1. The molecule has 0 radical (unpaired) electrons. The summed E-state index contributed by atoms with van der Waals surface area (Å²) in [7, 11) is 1.76. The molecule has 1 saturated heterocycles. The second-order valence-corrected chi connectivity index (χ2v) is 5.80. The second kappa shape index (κ2) is 7.71. The number of nitrogens with zero attached hydrogens (tertiary/aromatic N) is 2. The maximum Gasteiger partial charge on any atom is 0.141 e. The maximum atomic E-state index is 13.5. The van der Waals surface area contributed by atoms with Crippen LogP contribution in [-0.2, 0) is 11.3 Å². The number of aromatic nitrogens is 1. The molecule has 0 amide bonds. The molecular weight excluding hydrogens is 269 g/mol. The SMILES string of the molecule is CCCNCc1cc(F)cnc1N1CCC(C)C(OC)C1. The predicted octanol–water partition coefficient (Wildman–Crippen LogP) is 2.58. The topological polar surface area (TPSA) is 37.4 Å². The standard InChI is InChI=1S/C16H26FN3O/c1-4-6-18-9-13-8-14(17)10-19-16(13)20-7-5-12(2)15(11-20)21-3/h8,10,12,15,18H,4-7,9,11H2,1-3H3. The van der Waals surface area contributed by atoms with Crippen molar-refractivity contribution in [2.24, 2.45) is 5.92 Å². The normalized spacial score (nSPS) is 22.6. The summed E-state index contributed by atoms with van der Waals surface area (Å²) in [4.78, 5) is 6.55. The Morgan fingerprint density at radius 2 is 2.33 bits per heavy atom. The minimum Gasteiger partial charge on any atom is -0.379 e. The van der Waals surface area contributed by atoms with Crippen LogP contribution in [0.15, 0.2) is 12.3 Å². The van der Waals surface area contributed by atoms with Gasteiger partial charge in [-0.3, -0.25) is 0 Å². The van der Waals surface area contributed by atoms with E-state index in [0.29, 0.717) is 12.5 Å². The first-order valence-electron chi connectivity index (χ1n) is 7.78. The molecule has 1 fully saturated rings. The molecule has 2 unspecified atom stereocenters. The van der Waals surface area contributed by atoms with Crippen LogP contribution in [0, 0.1) is 11.7 Å². The van der Waals surface area contributed by atoms with E-state index in [1.54, 1.807) is 13.2 Å². The van der Waals surface area contributed by atoms with Gasteiger partial charge in [0, 0.05) is 32.3 Å². The molecule has 1 aliphatic heterocycles. The van der Waals surface area contributed by atoms with Crippen molar-refractivity contribution >= 4 is 5.82 Å². The van der Waals surface area contributed by atoms with Crippen LogP contribution in [0.1, 0.15) is 32.3 Å². The molecular formula is C16H26FN3O. The summed E-state index contributed by atoms with van der Waals surface area (Å²) in [6, 6.07) is 1.59. The number of pyridine rings is 1. The summed E-state index contributed by atoms with van der Waals surface area (Å²) in [5.41, 5.74) is 0.924. The predicted molar refractivity (Wildman–Crippen MR) is 83.0 cm³/mol. The van der Waals surface area contributed by atoms with Crippen molar-refractivity contribution in [2.75, 3.05) is 31.6 Å². The average molecular weight is 295 g/mol. The molecule has 5 heteroatoms. The minimum absolute atomic E-state index is 0.210. The molecule has 0 spiro atoms. The van der Waals surface area contributed by atoms with Gasteiger partial charge in [-0.2, -0.15) is 0 Å². The number of halogens is 1. The Labute approximate surface area is 126 Å². The van der Waals surface area contributed by atoms with Crippen LogP contribution < -0.4 is 10.2 Å². The van der Waals surface area contributed by atoms with Gasteiger partial charge in [0.15, 0.2) is 0 Å². The van der Waals surface area contributed by atoms with Crippen molar-refractivity contribution in [3.63, 3.8) is 0 Å². The summed E-state index contributed by atoms with van der Waals surface area (Å²) in [6.45, 7) is 7.67. The first-order chi connectivity index (χ1) is 10.2. The van der Waals surface area contributed by atoms with E-state index >= 15 is 0 Å². The quantitative estimate of drug-likeness (QED) is 0.819. The lowest BCUT2D eigenvalue weighted by molar-refractivity contribution is 0.0496. The Bertz CT molecular complexity index is 455. The number of nitrogens with one attached hydrogen (secondary N) is 1. The molecule has 2 heterocycles. The summed E-state index contributed by atoms with van der Waals surface area (Å²) in [5.74, 6) is 1.16. The molecule has 0 saturated carbocycles. The highest BCUT2D eigenvalue weighted by Gasteiger charge is 2.27. The Hall–Kier alpha value is -1.20. The third-order valence-corrected chi connectivity index (χ3v) is 4.14. The van der Waals surface area contributed by atoms with Gasteiger partial charge in [0.25, 0.3) is 0 Å². The summed E-state index contributed by atoms with van der Waals surface area (Å²) in [5, 5.41) is 3.33. The van der Waals surface area contributed by atoms with Crippen LogP contribution in [0.25, 0.3) is 0 Å². The van der Waals surface area contributed by atoms with E-state index in [1.807, 2.05) is 0 Å². The Morgan fingerprint density at radius 3 is 3.05 bits per heavy atom. The first kappa shape index (κ1) is 16.2. The number of anilines is 1. The molecule has 1 N–H and O–H groups in total. The lowest BCUT2D eigenvalue weighted by Crippen LogP contribution is -2.44. The van der Waals surface area contributed by atoms with Crippen molar-refractivity contribution in [3.8, 4) is 0 Å². The average Bonchev–Trinajstić information content (AvgIpc) is 2.48. The molecule has 0 aliphatic carbocycles. The number of piperidine rings is 1. The largest absolute Gasteiger partial charge is 0.379 e. The van der Waals surface area contributed by atoms with Gasteiger partial charge in [0.1, 0.15) is 11.6 Å². The number of hydrogen-bond donors (Lipinski definition) is 1. The van der Waals surface area contributed by atoms with Crippen molar-refractivity contribution in [1.29, 1.82) is 0 Å². The van der Waals surface area contributed by atoms with E-state index in [-0.39, 0.29) is 11.9 Å². The van der Waals surface area contributed by atoms with Crippen molar-refractivity contribution in [3.05, 3.63) is 23.6 Å². The van der Waals surface area contributed by atoms with E-state index in [0.717, 1.165) is 43.9 Å². The summed E-state index contributed by atoms with van der Waals surface area (Å²) < 4.78 is 19.1. The minimum atomic E-state index is -0.277. The fourth-order valence-electron chi connectivity index (χ4n) is 2.82. The van der Waals surface area contributed by atoms with Crippen LogP contribution in [0.2, 0.25) is 0 Å². The molecule has 0 aromatic carbocycles. The van der Waals surface area contributed by atoms with Crippen LogP contribution in [0.3, 0.4) is 0 Å². The van der Waals surface area contributed by atoms with E-state index in [9.17, 15) is 4.39 Å². The van der Waals surface area contributed by atoms with E-state index in [2.05, 4.69) is 29.0 Å². The molecule has 21 heavy (non-hydrogen) atoms. The van der Waals surface area contributed by atoms with Gasteiger partial charge in [-0.25, -0.2) is 9.37 Å². The van der Waals surface area contributed by atoms with Crippen molar-refractivity contribution in [1.82, 2.24) is 10.3 Å². The Balaban J connectivity index is 2.14. The zero-order valence-electron chi connectivity index (χ0n) is 13.2. The molecule has 4 nitrogen and oxygen atoms in total. The summed E-state index contributed by atoms with van der Waals surface area (Å²) >= 11 is 0. The molecule has 1 aromatic heterocycles. The van der Waals surface area contributed by atoms with Crippen LogP contribution >= 0.6 is 0 Å². The Morgan fingerprint density at radius 1 is 1.52 bits per heavy atom. The summed E-state index contributed by atoms with van der Waals surface area (Å²) in [6.07, 6.45) is 3.64. The van der Waals surface area contributed by atoms with Gasteiger partial charge in [-0.05, 0) is 31.4 Å². The molecule has 0 bridgehead atoms. The third kappa shape index (κ3) is 4.14. The van der Waals surface area contributed by atoms with E-state index in [4.69, 9.17) is 4.74 Å². The molecule has 2 atom stereocenters. The van der Waals surface area contributed by atoms with Gasteiger partial charge >= 0.3 is 0 Å². The molecule has 1 aromatic rings. The van der Waals surface area contributed by atoms with Gasteiger partial charge in [-0.15, -0.1) is 0 Å². The van der Waals surface area contributed by atoms with Crippen molar-refractivity contribution < 1.29 is 9.13 Å². The lowest BCUT2D eigenvalue weighted by atomic mass is 9.95. The fraction of sp³-hybridized carbons (Fsp3) is 0.688.